The molecule has 1 N–H and O–H groups in total. The molecule has 2 atom stereocenters. The van der Waals surface area contributed by atoms with E-state index in [1.807, 2.05) is 60.3 Å². The van der Waals surface area contributed by atoms with Gasteiger partial charge in [-0.3, -0.25) is 0 Å². The summed E-state index contributed by atoms with van der Waals surface area (Å²) in [4.78, 5) is 36.3. The van der Waals surface area contributed by atoms with E-state index in [2.05, 4.69) is 250 Å². The smallest absolute Gasteiger partial charge is 0.343 e. The summed E-state index contributed by atoms with van der Waals surface area (Å²) in [5.74, 6) is 0.436. The molecular weight excluding hydrogens is 1540 g/mol. The lowest BCUT2D eigenvalue weighted by Gasteiger charge is -2.22. The van der Waals surface area contributed by atoms with Gasteiger partial charge in [-0.15, -0.1) is 0 Å². The van der Waals surface area contributed by atoms with Gasteiger partial charge in [-0.25, -0.2) is 9.59 Å². The van der Waals surface area contributed by atoms with Crippen molar-refractivity contribution < 1.29 is 19.1 Å². The third-order valence-electron chi connectivity index (χ3n) is 10.3. The SMILES string of the molecule is O=C(Oc1c(I)cc(I)cc1I)c1ccc([S+]2c3ccccc3Nc3cc(-c4ccc5c(c4)Sc4ccccc4[S+]5c4ccc(C(=O)Oc5c(I)cc(I)cc5I)cc4)ccc32)cc1. The van der Waals surface area contributed by atoms with Crippen molar-refractivity contribution in [2.45, 2.75) is 39.2 Å². The van der Waals surface area contributed by atoms with Crippen molar-refractivity contribution in [2.75, 3.05) is 5.32 Å². The highest BCUT2D eigenvalue weighted by Crippen LogP contribution is 2.50. The first kappa shape index (κ1) is 45.7. The van der Waals surface area contributed by atoms with Crippen LogP contribution in [-0.2, 0) is 21.8 Å². The van der Waals surface area contributed by atoms with Crippen LogP contribution in [0.15, 0.2) is 197 Å². The molecule has 2 aliphatic rings. The molecule has 10 rings (SSSR count). The van der Waals surface area contributed by atoms with Gasteiger partial charge in [0.05, 0.1) is 46.6 Å². The first-order valence-electron chi connectivity index (χ1n) is 19.3. The van der Waals surface area contributed by atoms with Crippen molar-refractivity contribution in [2.24, 2.45) is 0 Å². The first-order valence-corrected chi connectivity index (χ1v) is 29.1. The molecule has 2 aliphatic heterocycles. The molecule has 64 heavy (non-hydrogen) atoms. The van der Waals surface area contributed by atoms with Crippen LogP contribution in [0, 0.1) is 21.4 Å². The van der Waals surface area contributed by atoms with E-state index in [9.17, 15) is 9.59 Å². The summed E-state index contributed by atoms with van der Waals surface area (Å²) in [6.07, 6.45) is 0. The van der Waals surface area contributed by atoms with E-state index in [1.54, 1.807) is 0 Å². The molecular formula is C50H27I6NO4S3+2. The van der Waals surface area contributed by atoms with Crippen LogP contribution < -0.4 is 14.8 Å². The zero-order valence-electron chi connectivity index (χ0n) is 32.6. The zero-order chi connectivity index (χ0) is 44.2. The minimum Gasteiger partial charge on any atom is -0.421 e. The summed E-state index contributed by atoms with van der Waals surface area (Å²) in [6, 6.07) is 54.5. The lowest BCUT2D eigenvalue weighted by molar-refractivity contribution is 0.0722. The fourth-order valence-corrected chi connectivity index (χ4v) is 21.0. The van der Waals surface area contributed by atoms with Gasteiger partial charge in [0.1, 0.15) is 21.8 Å². The normalized spacial score (nSPS) is 14.6. The van der Waals surface area contributed by atoms with Crippen molar-refractivity contribution in [1.29, 1.82) is 0 Å². The number of fused-ring (bicyclic) bond motifs is 4. The van der Waals surface area contributed by atoms with E-state index >= 15 is 0 Å². The molecule has 0 saturated heterocycles. The van der Waals surface area contributed by atoms with Crippen molar-refractivity contribution in [3.05, 3.63) is 190 Å². The summed E-state index contributed by atoms with van der Waals surface area (Å²) >= 11 is 15.2. The number of carbonyl (C=O) groups excluding carboxylic acids is 2. The first-order chi connectivity index (χ1) is 31.0. The highest BCUT2D eigenvalue weighted by Gasteiger charge is 2.40. The molecule has 0 aliphatic carbocycles. The Morgan fingerprint density at radius 1 is 0.438 bits per heavy atom. The standard InChI is InChI=1S/C50H27I6NO4S3/c51-31-23-35(53)47(36(54)24-31)60-49(58)27-9-15-33(16-10-27)63-43-7-3-1-5-39(43)57-40-21-29(13-19-44(40)63)30-14-20-46-42(22-30)62-41-6-2-4-8-45(41)64(46)34-17-11-28(12-18-34)50(59)61-48-37(55)25-32(52)26-38(48)56/h1-26,57H/q+2. The van der Waals surface area contributed by atoms with Crippen LogP contribution in [0.25, 0.3) is 11.1 Å². The highest BCUT2D eigenvalue weighted by molar-refractivity contribution is 14.1. The minimum absolute atomic E-state index is 0.370. The van der Waals surface area contributed by atoms with Gasteiger partial charge in [0, 0.05) is 7.14 Å². The number of hydrogen-bond donors (Lipinski definition) is 1. The number of para-hydroxylation sites is 1. The highest BCUT2D eigenvalue weighted by atomic mass is 127. The molecule has 0 radical (unpaired) electrons. The van der Waals surface area contributed by atoms with Gasteiger partial charge in [0.2, 0.25) is 0 Å². The van der Waals surface area contributed by atoms with Gasteiger partial charge in [0.15, 0.2) is 40.9 Å². The number of benzene rings is 8. The summed E-state index contributed by atoms with van der Waals surface area (Å²) in [6.45, 7) is 0. The molecule has 0 fully saturated rings. The van der Waals surface area contributed by atoms with Crippen LogP contribution in [-0.4, -0.2) is 11.9 Å². The van der Waals surface area contributed by atoms with E-state index < -0.39 is 10.9 Å². The van der Waals surface area contributed by atoms with Crippen molar-refractivity contribution in [1.82, 2.24) is 0 Å². The molecule has 0 amide bonds. The predicted octanol–water partition coefficient (Wildman–Crippen LogP) is 16.1. The minimum atomic E-state index is -0.414. The number of ether oxygens (including phenoxy) is 2. The Hall–Kier alpha value is -2.07. The van der Waals surface area contributed by atoms with Gasteiger partial charge < -0.3 is 14.8 Å². The molecule has 2 unspecified atom stereocenters. The topological polar surface area (TPSA) is 64.6 Å². The molecule has 8 aromatic carbocycles. The Kier molecular flexibility index (Phi) is 13.9. The quantitative estimate of drug-likeness (QED) is 0.0742. The van der Waals surface area contributed by atoms with E-state index in [0.29, 0.717) is 22.6 Å². The number of esters is 2. The Bertz CT molecular complexity index is 2940. The van der Waals surface area contributed by atoms with Gasteiger partial charge >= 0.3 is 11.9 Å². The second-order valence-electron chi connectivity index (χ2n) is 14.4. The number of hydrogen-bond acceptors (Lipinski definition) is 6. The van der Waals surface area contributed by atoms with Gasteiger partial charge in [-0.05, 0) is 280 Å². The Labute approximate surface area is 462 Å². The number of halogens is 6. The average molecular weight is 1560 g/mol. The summed E-state index contributed by atoms with van der Waals surface area (Å²) in [5, 5.41) is 3.75. The van der Waals surface area contributed by atoms with E-state index in [0.717, 1.165) is 53.7 Å². The van der Waals surface area contributed by atoms with Crippen LogP contribution in [0.3, 0.4) is 0 Å². The molecule has 0 bridgehead atoms. The maximum absolute atomic E-state index is 13.4. The fraction of sp³-hybridized carbons (Fsp3) is 0. The van der Waals surface area contributed by atoms with Crippen LogP contribution in [0.1, 0.15) is 20.7 Å². The molecule has 0 saturated carbocycles. The molecule has 314 valence electrons. The molecule has 0 spiro atoms. The lowest BCUT2D eigenvalue weighted by Crippen LogP contribution is -2.15. The Morgan fingerprint density at radius 3 is 1.44 bits per heavy atom. The van der Waals surface area contributed by atoms with Crippen LogP contribution in [0.4, 0.5) is 11.4 Å². The third-order valence-corrected chi connectivity index (χ3v) is 20.8. The maximum atomic E-state index is 13.4. The Balaban J connectivity index is 0.937. The monoisotopic (exact) mass is 1560 g/mol. The zero-order valence-corrected chi connectivity index (χ0v) is 48.0. The summed E-state index contributed by atoms with van der Waals surface area (Å²) in [5.41, 5.74) is 5.41. The second kappa shape index (κ2) is 19.5. The van der Waals surface area contributed by atoms with Crippen molar-refractivity contribution in [3.63, 3.8) is 0 Å². The van der Waals surface area contributed by atoms with Crippen LogP contribution in [0.2, 0.25) is 0 Å². The number of anilines is 2. The number of carbonyl (C=O) groups is 2. The average Bonchev–Trinajstić information content (AvgIpc) is 3.29. The van der Waals surface area contributed by atoms with E-state index in [-0.39, 0.29) is 22.8 Å². The summed E-state index contributed by atoms with van der Waals surface area (Å²) < 4.78 is 17.6. The Morgan fingerprint density at radius 2 is 0.875 bits per heavy atom. The second-order valence-corrected chi connectivity index (χ2v) is 26.5. The molecule has 14 heteroatoms. The van der Waals surface area contributed by atoms with Crippen LogP contribution >= 0.6 is 147 Å². The van der Waals surface area contributed by atoms with E-state index in [4.69, 9.17) is 9.47 Å². The number of nitrogens with one attached hydrogen (secondary N) is 1. The van der Waals surface area contributed by atoms with Gasteiger partial charge in [0.25, 0.3) is 0 Å². The lowest BCUT2D eigenvalue weighted by atomic mass is 10.0. The van der Waals surface area contributed by atoms with Gasteiger partial charge in [-0.1, -0.05) is 36.0 Å². The maximum Gasteiger partial charge on any atom is 0.343 e. The van der Waals surface area contributed by atoms with Crippen LogP contribution in [0.5, 0.6) is 11.5 Å². The predicted molar refractivity (Wildman–Crippen MR) is 308 cm³/mol. The molecule has 8 aromatic rings. The largest absolute Gasteiger partial charge is 0.421 e. The van der Waals surface area contributed by atoms with Gasteiger partial charge in [-0.2, -0.15) is 0 Å². The molecule has 2 heterocycles. The van der Waals surface area contributed by atoms with E-state index in [1.165, 1.54) is 29.4 Å². The summed E-state index contributed by atoms with van der Waals surface area (Å²) in [7, 11) is -0.795. The van der Waals surface area contributed by atoms with Crippen molar-refractivity contribution >= 4 is 192 Å². The fourth-order valence-electron chi connectivity index (χ4n) is 7.39. The third kappa shape index (κ3) is 9.26. The molecule has 5 nitrogen and oxygen atoms in total. The van der Waals surface area contributed by atoms with Crippen molar-refractivity contribution in [3.8, 4) is 22.6 Å². The number of rotatable bonds is 7. The molecule has 0 aromatic heterocycles.